The SMILES string of the molecule is COc1ccc(CN2C(=O)C(N3C(=O)OC(c4ccccc4)C3c3ccccc3)C2C(=O)OCc2ccccc2)c(OC)c1. The number of esters is 1. The Bertz CT molecular complexity index is 1630. The molecule has 0 aromatic heterocycles. The first-order valence-electron chi connectivity index (χ1n) is 14.3. The van der Waals surface area contributed by atoms with Crippen molar-refractivity contribution in [2.24, 2.45) is 0 Å². The second kappa shape index (κ2) is 12.5. The van der Waals surface area contributed by atoms with Crippen molar-refractivity contribution in [1.29, 1.82) is 0 Å². The summed E-state index contributed by atoms with van der Waals surface area (Å²) in [4.78, 5) is 44.3. The summed E-state index contributed by atoms with van der Waals surface area (Å²) in [6, 6.07) is 30.5. The number of rotatable bonds is 10. The molecule has 6 rings (SSSR count). The highest BCUT2D eigenvalue weighted by Crippen LogP contribution is 2.47. The first kappa shape index (κ1) is 28.8. The highest BCUT2D eigenvalue weighted by atomic mass is 16.6. The fourth-order valence-corrected chi connectivity index (χ4v) is 5.87. The molecule has 4 aromatic carbocycles. The maximum atomic E-state index is 14.0. The summed E-state index contributed by atoms with van der Waals surface area (Å²) in [6.07, 6.45) is -1.36. The Labute approximate surface area is 255 Å². The molecule has 4 atom stereocenters. The standard InChI is InChI=1S/C35H32N2O7/c1-41-27-19-18-26(28(20-27)42-2)21-36-31(34(39)43-22-23-12-6-3-7-13-23)30(33(36)38)37-29(24-14-8-4-9-15-24)32(44-35(37)40)25-16-10-5-11-17-25/h3-20,29-32H,21-22H2,1-2H3. The van der Waals surface area contributed by atoms with Gasteiger partial charge in [-0.1, -0.05) is 91.0 Å². The summed E-state index contributed by atoms with van der Waals surface area (Å²) >= 11 is 0. The Morgan fingerprint density at radius 3 is 2.05 bits per heavy atom. The fraction of sp³-hybridized carbons (Fsp3) is 0.229. The summed E-state index contributed by atoms with van der Waals surface area (Å²) < 4.78 is 22.6. The molecular formula is C35H32N2O7. The van der Waals surface area contributed by atoms with E-state index >= 15 is 0 Å². The van der Waals surface area contributed by atoms with Gasteiger partial charge < -0.3 is 23.8 Å². The number of cyclic esters (lactones) is 1. The number of hydrogen-bond acceptors (Lipinski definition) is 7. The van der Waals surface area contributed by atoms with Gasteiger partial charge in [0.2, 0.25) is 5.91 Å². The van der Waals surface area contributed by atoms with Gasteiger partial charge in [0.25, 0.3) is 0 Å². The van der Waals surface area contributed by atoms with Crippen LogP contribution in [0.15, 0.2) is 109 Å². The molecule has 44 heavy (non-hydrogen) atoms. The van der Waals surface area contributed by atoms with E-state index in [9.17, 15) is 14.4 Å². The largest absolute Gasteiger partial charge is 0.497 e. The lowest BCUT2D eigenvalue weighted by Crippen LogP contribution is -2.73. The molecule has 0 N–H and O–H groups in total. The van der Waals surface area contributed by atoms with E-state index in [-0.39, 0.29) is 13.2 Å². The molecule has 9 heteroatoms. The summed E-state index contributed by atoms with van der Waals surface area (Å²) in [7, 11) is 3.08. The second-order valence-corrected chi connectivity index (χ2v) is 10.6. The van der Waals surface area contributed by atoms with Crippen LogP contribution in [0.2, 0.25) is 0 Å². The van der Waals surface area contributed by atoms with E-state index < -0.39 is 42.2 Å². The van der Waals surface area contributed by atoms with Crippen molar-refractivity contribution in [3.8, 4) is 11.5 Å². The average Bonchev–Trinajstić information content (AvgIpc) is 3.41. The number of nitrogens with zero attached hydrogens (tertiary/aromatic N) is 2. The number of β-lactam (4-membered cyclic amide) rings is 1. The molecule has 2 heterocycles. The molecule has 0 saturated carbocycles. The van der Waals surface area contributed by atoms with E-state index in [2.05, 4.69) is 0 Å². The van der Waals surface area contributed by atoms with E-state index in [1.54, 1.807) is 25.3 Å². The molecule has 4 unspecified atom stereocenters. The number of carbonyl (C=O) groups excluding carboxylic acids is 3. The van der Waals surface area contributed by atoms with Crippen LogP contribution in [0, 0.1) is 0 Å². The summed E-state index contributed by atoms with van der Waals surface area (Å²) in [6.45, 7) is 0.0879. The Balaban J connectivity index is 1.36. The maximum absolute atomic E-state index is 14.0. The number of benzene rings is 4. The molecule has 0 bridgehead atoms. The Kier molecular flexibility index (Phi) is 8.18. The third kappa shape index (κ3) is 5.44. The third-order valence-corrected chi connectivity index (χ3v) is 8.07. The first-order chi connectivity index (χ1) is 21.5. The third-order valence-electron chi connectivity index (χ3n) is 8.07. The molecule has 2 aliphatic rings. The van der Waals surface area contributed by atoms with E-state index in [0.29, 0.717) is 17.1 Å². The zero-order valence-corrected chi connectivity index (χ0v) is 24.4. The number of hydrogen-bond donors (Lipinski definition) is 0. The molecule has 2 amide bonds. The predicted octanol–water partition coefficient (Wildman–Crippen LogP) is 5.46. The lowest BCUT2D eigenvalue weighted by molar-refractivity contribution is -0.177. The van der Waals surface area contributed by atoms with Crippen molar-refractivity contribution in [1.82, 2.24) is 9.80 Å². The normalized spacial score (nSPS) is 21.0. The van der Waals surface area contributed by atoms with Gasteiger partial charge in [-0.05, 0) is 28.8 Å². The van der Waals surface area contributed by atoms with Gasteiger partial charge in [0.1, 0.15) is 30.2 Å². The molecule has 0 aliphatic carbocycles. The van der Waals surface area contributed by atoms with Gasteiger partial charge in [0.15, 0.2) is 12.1 Å². The van der Waals surface area contributed by atoms with Gasteiger partial charge >= 0.3 is 12.1 Å². The number of ether oxygens (including phenoxy) is 4. The Hall–Kier alpha value is -5.31. The van der Waals surface area contributed by atoms with Crippen molar-refractivity contribution in [2.75, 3.05) is 14.2 Å². The highest BCUT2D eigenvalue weighted by molar-refractivity contribution is 6.02. The van der Waals surface area contributed by atoms with Crippen LogP contribution in [0.4, 0.5) is 4.79 Å². The molecular weight excluding hydrogens is 560 g/mol. The number of amides is 2. The smallest absolute Gasteiger partial charge is 0.411 e. The topological polar surface area (TPSA) is 94.6 Å². The van der Waals surface area contributed by atoms with Gasteiger partial charge in [-0.15, -0.1) is 0 Å². The molecule has 0 radical (unpaired) electrons. The lowest BCUT2D eigenvalue weighted by atomic mass is 9.88. The second-order valence-electron chi connectivity index (χ2n) is 10.6. The zero-order chi connectivity index (χ0) is 30.6. The van der Waals surface area contributed by atoms with Crippen molar-refractivity contribution >= 4 is 18.0 Å². The molecule has 0 spiro atoms. The molecule has 9 nitrogen and oxygen atoms in total. The molecule has 4 aromatic rings. The van der Waals surface area contributed by atoms with E-state index in [0.717, 1.165) is 16.7 Å². The minimum absolute atomic E-state index is 0.0238. The summed E-state index contributed by atoms with van der Waals surface area (Å²) in [5, 5.41) is 0. The minimum Gasteiger partial charge on any atom is -0.497 e. The Morgan fingerprint density at radius 2 is 1.41 bits per heavy atom. The van der Waals surface area contributed by atoms with Crippen LogP contribution in [-0.2, 0) is 32.2 Å². The first-order valence-corrected chi connectivity index (χ1v) is 14.3. The van der Waals surface area contributed by atoms with Gasteiger partial charge in [0.05, 0.1) is 20.8 Å². The average molecular weight is 593 g/mol. The monoisotopic (exact) mass is 592 g/mol. The number of likely N-dealkylation sites (tertiary alicyclic amines) is 1. The van der Waals surface area contributed by atoms with E-state index in [1.807, 2.05) is 91.0 Å². The van der Waals surface area contributed by atoms with Crippen molar-refractivity contribution in [3.63, 3.8) is 0 Å². The number of carbonyl (C=O) groups is 3. The molecule has 2 saturated heterocycles. The molecule has 224 valence electrons. The number of methoxy groups -OCH3 is 2. The van der Waals surface area contributed by atoms with Crippen LogP contribution < -0.4 is 9.47 Å². The van der Waals surface area contributed by atoms with Crippen LogP contribution in [0.5, 0.6) is 11.5 Å². The molecule has 2 fully saturated rings. The van der Waals surface area contributed by atoms with Crippen LogP contribution in [0.1, 0.15) is 34.4 Å². The van der Waals surface area contributed by atoms with E-state index in [1.165, 1.54) is 16.9 Å². The van der Waals surface area contributed by atoms with Crippen molar-refractivity contribution in [3.05, 3.63) is 131 Å². The van der Waals surface area contributed by atoms with Crippen molar-refractivity contribution in [2.45, 2.75) is 37.4 Å². The predicted molar refractivity (Wildman–Crippen MR) is 161 cm³/mol. The lowest BCUT2D eigenvalue weighted by Gasteiger charge is -2.49. The van der Waals surface area contributed by atoms with Crippen LogP contribution in [0.25, 0.3) is 0 Å². The van der Waals surface area contributed by atoms with Gasteiger partial charge in [-0.3, -0.25) is 9.69 Å². The fourth-order valence-electron chi connectivity index (χ4n) is 5.87. The zero-order valence-electron chi connectivity index (χ0n) is 24.4. The highest BCUT2D eigenvalue weighted by Gasteiger charge is 2.61. The minimum atomic E-state index is -1.13. The van der Waals surface area contributed by atoms with Crippen molar-refractivity contribution < 1.29 is 33.3 Å². The van der Waals surface area contributed by atoms with E-state index in [4.69, 9.17) is 18.9 Å². The van der Waals surface area contributed by atoms with Crippen LogP contribution in [0.3, 0.4) is 0 Å². The Morgan fingerprint density at radius 1 is 0.773 bits per heavy atom. The van der Waals surface area contributed by atoms with Gasteiger partial charge in [-0.2, -0.15) is 0 Å². The summed E-state index contributed by atoms with van der Waals surface area (Å²) in [5.41, 5.74) is 3.05. The van der Waals surface area contributed by atoms with Gasteiger partial charge in [0, 0.05) is 11.6 Å². The summed E-state index contributed by atoms with van der Waals surface area (Å²) in [5.74, 6) is 0.0865. The molecule has 2 aliphatic heterocycles. The van der Waals surface area contributed by atoms with Crippen LogP contribution in [-0.4, -0.2) is 54.1 Å². The quantitative estimate of drug-likeness (QED) is 0.178. The van der Waals surface area contributed by atoms with Crippen LogP contribution >= 0.6 is 0 Å². The maximum Gasteiger partial charge on any atom is 0.411 e. The van der Waals surface area contributed by atoms with Gasteiger partial charge in [-0.25, -0.2) is 9.59 Å².